The van der Waals surface area contributed by atoms with Gasteiger partial charge in [-0.25, -0.2) is 0 Å². The standard InChI is InChI=1S/C14H23/c1-2-4-6-8-10-12-14-13-11-9-7-5-3-1/h1-2,7,13-14H,3-6,8-12H2. The third kappa shape index (κ3) is 6.94. The molecule has 0 unspecified atom stereocenters. The van der Waals surface area contributed by atoms with E-state index in [4.69, 9.17) is 0 Å². The lowest BCUT2D eigenvalue weighted by Gasteiger charge is -1.98. The smallest absolute Gasteiger partial charge is 0.0348 e. The van der Waals surface area contributed by atoms with E-state index in [9.17, 15) is 0 Å². The summed E-state index contributed by atoms with van der Waals surface area (Å²) < 4.78 is 0. The maximum atomic E-state index is 2.42. The molecule has 0 bridgehead atoms. The highest BCUT2D eigenvalue weighted by Crippen LogP contribution is 2.08. The van der Waals surface area contributed by atoms with Gasteiger partial charge in [0.2, 0.25) is 0 Å². The van der Waals surface area contributed by atoms with E-state index in [0.717, 1.165) is 0 Å². The van der Waals surface area contributed by atoms with E-state index in [1.165, 1.54) is 57.8 Å². The number of allylic oxidation sites excluding steroid dienone is 4. The molecule has 0 saturated heterocycles. The lowest BCUT2D eigenvalue weighted by molar-refractivity contribution is 0.692. The molecular weight excluding hydrogens is 168 g/mol. The molecule has 0 aromatic rings. The summed E-state index contributed by atoms with van der Waals surface area (Å²) in [6, 6.07) is 0. The monoisotopic (exact) mass is 191 g/mol. The van der Waals surface area contributed by atoms with Crippen LogP contribution in [-0.4, -0.2) is 0 Å². The Kier molecular flexibility index (Phi) is 7.47. The fraction of sp³-hybridized carbons (Fsp3) is 0.643. The van der Waals surface area contributed by atoms with Gasteiger partial charge in [0.1, 0.15) is 0 Å². The summed E-state index contributed by atoms with van der Waals surface area (Å²) in [5.41, 5.74) is 0. The number of rotatable bonds is 0. The van der Waals surface area contributed by atoms with E-state index in [1.807, 2.05) is 0 Å². The van der Waals surface area contributed by atoms with Gasteiger partial charge in [-0.15, -0.1) is 0 Å². The minimum atomic E-state index is 1.24. The van der Waals surface area contributed by atoms with Crippen LogP contribution < -0.4 is 0 Å². The molecule has 0 saturated carbocycles. The van der Waals surface area contributed by atoms with Gasteiger partial charge in [0, 0.05) is 0 Å². The Morgan fingerprint density at radius 3 is 1.50 bits per heavy atom. The molecule has 0 aromatic carbocycles. The van der Waals surface area contributed by atoms with Crippen molar-refractivity contribution in [2.24, 2.45) is 0 Å². The molecule has 0 nitrogen and oxygen atoms in total. The molecule has 0 heteroatoms. The Hall–Kier alpha value is -0.520. The van der Waals surface area contributed by atoms with Crippen molar-refractivity contribution in [1.82, 2.24) is 0 Å². The molecule has 0 spiro atoms. The van der Waals surface area contributed by atoms with Crippen LogP contribution in [-0.2, 0) is 0 Å². The summed E-state index contributed by atoms with van der Waals surface area (Å²) >= 11 is 0. The minimum Gasteiger partial charge on any atom is -0.0885 e. The quantitative estimate of drug-likeness (QED) is 0.481. The Morgan fingerprint density at radius 1 is 0.429 bits per heavy atom. The van der Waals surface area contributed by atoms with E-state index >= 15 is 0 Å². The second-order valence-corrected chi connectivity index (χ2v) is 4.02. The van der Waals surface area contributed by atoms with E-state index in [0.29, 0.717) is 0 Å². The highest BCUT2D eigenvalue weighted by atomic mass is 14.0. The predicted octanol–water partition coefficient (Wildman–Crippen LogP) is 4.83. The molecule has 1 aliphatic rings. The Labute approximate surface area is 89.1 Å². The molecule has 0 atom stereocenters. The van der Waals surface area contributed by atoms with Gasteiger partial charge >= 0.3 is 0 Å². The molecule has 0 heterocycles. The molecule has 14 heavy (non-hydrogen) atoms. The van der Waals surface area contributed by atoms with Crippen molar-refractivity contribution in [2.75, 3.05) is 0 Å². The first-order valence-corrected chi connectivity index (χ1v) is 6.12. The summed E-state index contributed by atoms with van der Waals surface area (Å²) in [6.07, 6.45) is 23.5. The van der Waals surface area contributed by atoms with Crippen molar-refractivity contribution in [3.63, 3.8) is 0 Å². The first-order chi connectivity index (χ1) is 7.00. The highest BCUT2D eigenvalue weighted by molar-refractivity contribution is 4.87. The summed E-state index contributed by atoms with van der Waals surface area (Å²) in [7, 11) is 0. The largest absolute Gasteiger partial charge is 0.0885 e. The second kappa shape index (κ2) is 9.05. The van der Waals surface area contributed by atoms with Crippen LogP contribution in [0.5, 0.6) is 0 Å². The summed E-state index contributed by atoms with van der Waals surface area (Å²) in [6.45, 7) is 0. The third-order valence-electron chi connectivity index (χ3n) is 2.65. The van der Waals surface area contributed by atoms with Crippen molar-refractivity contribution >= 4 is 0 Å². The van der Waals surface area contributed by atoms with Crippen LogP contribution in [0.15, 0.2) is 24.3 Å². The average Bonchev–Trinajstić information content (AvgIpc) is 2.22. The topological polar surface area (TPSA) is 0 Å². The summed E-state index contributed by atoms with van der Waals surface area (Å²) in [4.78, 5) is 0. The molecule has 0 amide bonds. The van der Waals surface area contributed by atoms with Gasteiger partial charge in [-0.2, -0.15) is 0 Å². The summed E-state index contributed by atoms with van der Waals surface area (Å²) in [5.74, 6) is 0. The predicted molar refractivity (Wildman–Crippen MR) is 64.1 cm³/mol. The molecule has 0 aliphatic heterocycles. The van der Waals surface area contributed by atoms with Crippen LogP contribution in [0.1, 0.15) is 57.8 Å². The third-order valence-corrected chi connectivity index (χ3v) is 2.65. The Balaban J connectivity index is 2.15. The molecule has 1 rings (SSSR count). The second-order valence-electron chi connectivity index (χ2n) is 4.02. The summed E-state index contributed by atoms with van der Waals surface area (Å²) in [5, 5.41) is 0. The SMILES string of the molecule is [CH]1CCC=CCCCCCC=CCC1. The van der Waals surface area contributed by atoms with Gasteiger partial charge < -0.3 is 0 Å². The molecule has 1 radical (unpaired) electrons. The molecule has 79 valence electrons. The first kappa shape index (κ1) is 11.6. The normalized spacial score (nSPS) is 21.7. The minimum absolute atomic E-state index is 1.24. The fourth-order valence-electron chi connectivity index (χ4n) is 1.75. The zero-order valence-corrected chi connectivity index (χ0v) is 9.25. The zero-order valence-electron chi connectivity index (χ0n) is 9.25. The van der Waals surface area contributed by atoms with Crippen LogP contribution in [0.3, 0.4) is 0 Å². The maximum Gasteiger partial charge on any atom is -0.0348 e. The van der Waals surface area contributed by atoms with Crippen molar-refractivity contribution in [3.8, 4) is 0 Å². The lowest BCUT2D eigenvalue weighted by Crippen LogP contribution is -1.79. The van der Waals surface area contributed by atoms with Gasteiger partial charge in [0.25, 0.3) is 0 Å². The van der Waals surface area contributed by atoms with Crippen molar-refractivity contribution in [3.05, 3.63) is 30.7 Å². The van der Waals surface area contributed by atoms with Gasteiger partial charge in [-0.1, -0.05) is 30.7 Å². The van der Waals surface area contributed by atoms with Crippen molar-refractivity contribution in [1.29, 1.82) is 0 Å². The Bertz CT molecular complexity index is 129. The lowest BCUT2D eigenvalue weighted by atomic mass is 10.1. The highest BCUT2D eigenvalue weighted by Gasteiger charge is 1.89. The zero-order chi connectivity index (χ0) is 9.90. The van der Waals surface area contributed by atoms with Crippen LogP contribution in [0.4, 0.5) is 0 Å². The van der Waals surface area contributed by atoms with E-state index < -0.39 is 0 Å². The molecule has 0 fully saturated rings. The van der Waals surface area contributed by atoms with E-state index in [1.54, 1.807) is 0 Å². The number of hydrogen-bond acceptors (Lipinski definition) is 0. The average molecular weight is 191 g/mol. The molecular formula is C14H23. The number of hydrogen-bond donors (Lipinski definition) is 0. The van der Waals surface area contributed by atoms with Gasteiger partial charge in [0.05, 0.1) is 0 Å². The fourth-order valence-corrected chi connectivity index (χ4v) is 1.75. The molecule has 0 aromatic heterocycles. The Morgan fingerprint density at radius 2 is 0.929 bits per heavy atom. The van der Waals surface area contributed by atoms with Crippen LogP contribution >= 0.6 is 0 Å². The van der Waals surface area contributed by atoms with E-state index in [-0.39, 0.29) is 0 Å². The molecule has 0 N–H and O–H groups in total. The van der Waals surface area contributed by atoms with E-state index in [2.05, 4.69) is 30.7 Å². The first-order valence-electron chi connectivity index (χ1n) is 6.12. The molecule has 1 aliphatic carbocycles. The van der Waals surface area contributed by atoms with Gasteiger partial charge in [0.15, 0.2) is 0 Å². The van der Waals surface area contributed by atoms with Crippen LogP contribution in [0, 0.1) is 6.42 Å². The van der Waals surface area contributed by atoms with Crippen LogP contribution in [0.25, 0.3) is 0 Å². The van der Waals surface area contributed by atoms with Crippen LogP contribution in [0.2, 0.25) is 0 Å². The van der Waals surface area contributed by atoms with Gasteiger partial charge in [-0.05, 0) is 57.8 Å². The van der Waals surface area contributed by atoms with Gasteiger partial charge in [-0.3, -0.25) is 0 Å². The maximum absolute atomic E-state index is 2.42. The van der Waals surface area contributed by atoms with Crippen molar-refractivity contribution < 1.29 is 0 Å². The van der Waals surface area contributed by atoms with Crippen molar-refractivity contribution in [2.45, 2.75) is 57.8 Å².